The Hall–Kier alpha value is -2.29. The second-order valence-electron chi connectivity index (χ2n) is 5.56. The van der Waals surface area contributed by atoms with Crippen LogP contribution in [-0.2, 0) is 17.8 Å². The maximum Gasteiger partial charge on any atom is 0.220 e. The predicted molar refractivity (Wildman–Crippen MR) is 89.1 cm³/mol. The Balaban J connectivity index is 1.82. The highest BCUT2D eigenvalue weighted by molar-refractivity contribution is 5.76. The summed E-state index contributed by atoms with van der Waals surface area (Å²) in [5, 5.41) is 2.99. The van der Waals surface area contributed by atoms with Crippen molar-refractivity contribution in [1.29, 1.82) is 0 Å². The first-order chi connectivity index (χ1) is 10.6. The van der Waals surface area contributed by atoms with Crippen molar-refractivity contribution in [3.8, 4) is 5.75 Å². The maximum absolute atomic E-state index is 12.0. The van der Waals surface area contributed by atoms with Gasteiger partial charge in [0.1, 0.15) is 5.75 Å². The number of amides is 1. The summed E-state index contributed by atoms with van der Waals surface area (Å²) in [7, 11) is 1.65. The monoisotopic (exact) mass is 297 g/mol. The quantitative estimate of drug-likeness (QED) is 0.885. The molecule has 2 aromatic carbocycles. The number of methoxy groups -OCH3 is 1. The first kappa shape index (κ1) is 16.1. The summed E-state index contributed by atoms with van der Waals surface area (Å²) >= 11 is 0. The van der Waals surface area contributed by atoms with E-state index in [1.165, 1.54) is 16.7 Å². The van der Waals surface area contributed by atoms with E-state index in [-0.39, 0.29) is 5.91 Å². The Labute approximate surface area is 132 Å². The van der Waals surface area contributed by atoms with Crippen LogP contribution in [0.1, 0.15) is 28.7 Å². The highest BCUT2D eigenvalue weighted by Gasteiger charge is 2.05. The van der Waals surface area contributed by atoms with Gasteiger partial charge in [0.05, 0.1) is 7.11 Å². The van der Waals surface area contributed by atoms with Crippen LogP contribution in [0.4, 0.5) is 0 Å². The summed E-state index contributed by atoms with van der Waals surface area (Å²) in [6.45, 7) is 4.73. The third-order valence-corrected chi connectivity index (χ3v) is 3.75. The van der Waals surface area contributed by atoms with Crippen molar-refractivity contribution in [3.05, 3.63) is 64.7 Å². The number of nitrogens with one attached hydrogen (secondary N) is 1. The van der Waals surface area contributed by atoms with Gasteiger partial charge in [-0.15, -0.1) is 0 Å². The lowest BCUT2D eigenvalue weighted by molar-refractivity contribution is -0.121. The zero-order valence-electron chi connectivity index (χ0n) is 13.5. The molecule has 0 aliphatic rings. The van der Waals surface area contributed by atoms with Crippen molar-refractivity contribution >= 4 is 5.91 Å². The van der Waals surface area contributed by atoms with Crippen LogP contribution in [0.5, 0.6) is 5.75 Å². The smallest absolute Gasteiger partial charge is 0.220 e. The van der Waals surface area contributed by atoms with Crippen LogP contribution >= 0.6 is 0 Å². The Kier molecular flexibility index (Phi) is 5.59. The van der Waals surface area contributed by atoms with Crippen LogP contribution in [0.3, 0.4) is 0 Å². The molecule has 2 aromatic rings. The molecule has 0 unspecified atom stereocenters. The average Bonchev–Trinajstić information content (AvgIpc) is 2.52. The molecule has 0 fully saturated rings. The van der Waals surface area contributed by atoms with Crippen LogP contribution in [0.25, 0.3) is 0 Å². The number of aryl methyl sites for hydroxylation is 3. The zero-order valence-corrected chi connectivity index (χ0v) is 13.5. The molecule has 22 heavy (non-hydrogen) atoms. The lowest BCUT2D eigenvalue weighted by Gasteiger charge is -2.09. The highest BCUT2D eigenvalue weighted by Crippen LogP contribution is 2.14. The standard InChI is InChI=1S/C19H23NO2/c1-14-7-9-17(15(2)11-14)13-20-19(21)10-8-16-5-4-6-18(12-16)22-3/h4-7,9,11-12H,8,10,13H2,1-3H3,(H,20,21). The molecule has 116 valence electrons. The van der Waals surface area contributed by atoms with Crippen molar-refractivity contribution in [2.24, 2.45) is 0 Å². The lowest BCUT2D eigenvalue weighted by atomic mass is 10.1. The minimum Gasteiger partial charge on any atom is -0.497 e. The first-order valence-electron chi connectivity index (χ1n) is 7.54. The minimum atomic E-state index is 0.0720. The van der Waals surface area contributed by atoms with Crippen molar-refractivity contribution in [2.75, 3.05) is 7.11 Å². The third kappa shape index (κ3) is 4.62. The van der Waals surface area contributed by atoms with Crippen LogP contribution in [-0.4, -0.2) is 13.0 Å². The summed E-state index contributed by atoms with van der Waals surface area (Å²) in [4.78, 5) is 12.0. The highest BCUT2D eigenvalue weighted by atomic mass is 16.5. The molecule has 0 radical (unpaired) electrons. The molecule has 0 spiro atoms. The largest absolute Gasteiger partial charge is 0.497 e. The fourth-order valence-electron chi connectivity index (χ4n) is 2.41. The van der Waals surface area contributed by atoms with Gasteiger partial charge >= 0.3 is 0 Å². The number of hydrogen-bond donors (Lipinski definition) is 1. The Morgan fingerprint density at radius 3 is 2.68 bits per heavy atom. The lowest BCUT2D eigenvalue weighted by Crippen LogP contribution is -2.23. The molecular weight excluding hydrogens is 274 g/mol. The van der Waals surface area contributed by atoms with Gasteiger partial charge in [-0.05, 0) is 49.1 Å². The van der Waals surface area contributed by atoms with Crippen molar-refractivity contribution in [3.63, 3.8) is 0 Å². The SMILES string of the molecule is COc1cccc(CCC(=O)NCc2ccc(C)cc2C)c1. The average molecular weight is 297 g/mol. The molecule has 3 heteroatoms. The van der Waals surface area contributed by atoms with Crippen molar-refractivity contribution < 1.29 is 9.53 Å². The first-order valence-corrected chi connectivity index (χ1v) is 7.54. The summed E-state index contributed by atoms with van der Waals surface area (Å²) in [6.07, 6.45) is 1.20. The van der Waals surface area contributed by atoms with E-state index in [0.717, 1.165) is 17.7 Å². The molecule has 0 aromatic heterocycles. The van der Waals surface area contributed by atoms with Crippen LogP contribution < -0.4 is 10.1 Å². The second kappa shape index (κ2) is 7.64. The van der Waals surface area contributed by atoms with E-state index in [9.17, 15) is 4.79 Å². The number of carbonyl (C=O) groups is 1. The summed E-state index contributed by atoms with van der Waals surface area (Å²) in [5.74, 6) is 0.899. The van der Waals surface area contributed by atoms with Gasteiger partial charge in [0.15, 0.2) is 0 Å². The summed E-state index contributed by atoms with van der Waals surface area (Å²) in [6, 6.07) is 14.1. The number of rotatable bonds is 6. The van der Waals surface area contributed by atoms with Gasteiger partial charge in [-0.1, -0.05) is 35.9 Å². The summed E-state index contributed by atoms with van der Waals surface area (Å²) < 4.78 is 5.19. The molecule has 0 bridgehead atoms. The van der Waals surface area contributed by atoms with Crippen LogP contribution in [0.15, 0.2) is 42.5 Å². The van der Waals surface area contributed by atoms with E-state index in [1.54, 1.807) is 7.11 Å². The van der Waals surface area contributed by atoms with Crippen LogP contribution in [0, 0.1) is 13.8 Å². The van der Waals surface area contributed by atoms with E-state index in [2.05, 4.69) is 37.4 Å². The van der Waals surface area contributed by atoms with E-state index in [4.69, 9.17) is 4.74 Å². The van der Waals surface area contributed by atoms with Gasteiger partial charge in [-0.2, -0.15) is 0 Å². The van der Waals surface area contributed by atoms with E-state index < -0.39 is 0 Å². The number of carbonyl (C=O) groups excluding carboxylic acids is 1. The second-order valence-corrected chi connectivity index (χ2v) is 5.56. The molecule has 0 atom stereocenters. The topological polar surface area (TPSA) is 38.3 Å². The maximum atomic E-state index is 12.0. The number of benzene rings is 2. The molecule has 0 aliphatic heterocycles. The van der Waals surface area contributed by atoms with Gasteiger partial charge in [0.2, 0.25) is 5.91 Å². The molecule has 1 amide bonds. The fraction of sp³-hybridized carbons (Fsp3) is 0.316. The molecule has 0 saturated carbocycles. The minimum absolute atomic E-state index is 0.0720. The van der Waals surface area contributed by atoms with Crippen molar-refractivity contribution in [2.45, 2.75) is 33.2 Å². The molecular formula is C19H23NO2. The normalized spacial score (nSPS) is 10.3. The molecule has 1 N–H and O–H groups in total. The Morgan fingerprint density at radius 1 is 1.14 bits per heavy atom. The molecule has 3 nitrogen and oxygen atoms in total. The Bertz CT molecular complexity index is 650. The molecule has 0 heterocycles. The van der Waals surface area contributed by atoms with Crippen LogP contribution in [0.2, 0.25) is 0 Å². The zero-order chi connectivity index (χ0) is 15.9. The van der Waals surface area contributed by atoms with E-state index >= 15 is 0 Å². The fourth-order valence-corrected chi connectivity index (χ4v) is 2.41. The van der Waals surface area contributed by atoms with Gasteiger partial charge < -0.3 is 10.1 Å². The third-order valence-electron chi connectivity index (χ3n) is 3.75. The van der Waals surface area contributed by atoms with E-state index in [1.807, 2.05) is 24.3 Å². The molecule has 0 saturated heterocycles. The van der Waals surface area contributed by atoms with E-state index in [0.29, 0.717) is 13.0 Å². The number of hydrogen-bond acceptors (Lipinski definition) is 2. The molecule has 2 rings (SSSR count). The van der Waals surface area contributed by atoms with Gasteiger partial charge in [-0.25, -0.2) is 0 Å². The number of ether oxygens (including phenoxy) is 1. The Morgan fingerprint density at radius 2 is 1.95 bits per heavy atom. The molecule has 0 aliphatic carbocycles. The predicted octanol–water partition coefficient (Wildman–Crippen LogP) is 3.56. The van der Waals surface area contributed by atoms with Gasteiger partial charge in [0, 0.05) is 13.0 Å². The summed E-state index contributed by atoms with van der Waals surface area (Å²) in [5.41, 5.74) is 4.74. The van der Waals surface area contributed by atoms with Gasteiger partial charge in [-0.3, -0.25) is 4.79 Å². The van der Waals surface area contributed by atoms with Gasteiger partial charge in [0.25, 0.3) is 0 Å². The van der Waals surface area contributed by atoms with Crippen molar-refractivity contribution in [1.82, 2.24) is 5.32 Å².